The van der Waals surface area contributed by atoms with Gasteiger partial charge in [0.15, 0.2) is 0 Å². The standard InChI is InChI=1S/C10H11ClO3S/c11-7-1-2-8(6(3-7)4-12)10(14)9(13)5-15/h1-4,9-10,13-15H,5H2. The van der Waals surface area contributed by atoms with Crippen LogP contribution < -0.4 is 0 Å². The lowest BCUT2D eigenvalue weighted by atomic mass is 10.00. The van der Waals surface area contributed by atoms with E-state index in [1.807, 2.05) is 0 Å². The van der Waals surface area contributed by atoms with Crippen molar-refractivity contribution in [1.82, 2.24) is 0 Å². The van der Waals surface area contributed by atoms with Crippen molar-refractivity contribution in [3.05, 3.63) is 34.3 Å². The van der Waals surface area contributed by atoms with Crippen LogP contribution in [-0.4, -0.2) is 28.4 Å². The van der Waals surface area contributed by atoms with E-state index in [1.165, 1.54) is 12.1 Å². The number of aliphatic hydroxyl groups excluding tert-OH is 2. The number of hydrogen-bond donors (Lipinski definition) is 3. The highest BCUT2D eigenvalue weighted by atomic mass is 35.5. The van der Waals surface area contributed by atoms with E-state index >= 15 is 0 Å². The maximum atomic E-state index is 10.7. The summed E-state index contributed by atoms with van der Waals surface area (Å²) in [5.41, 5.74) is 0.631. The minimum Gasteiger partial charge on any atom is -0.389 e. The number of halogens is 1. The van der Waals surface area contributed by atoms with Crippen molar-refractivity contribution >= 4 is 30.5 Å². The second-order valence-electron chi connectivity index (χ2n) is 3.09. The van der Waals surface area contributed by atoms with Gasteiger partial charge in [-0.25, -0.2) is 0 Å². The second-order valence-corrected chi connectivity index (χ2v) is 3.89. The molecule has 0 heterocycles. The zero-order valence-electron chi connectivity index (χ0n) is 7.80. The average Bonchev–Trinajstić information content (AvgIpc) is 2.26. The van der Waals surface area contributed by atoms with Crippen LogP contribution in [0.15, 0.2) is 18.2 Å². The van der Waals surface area contributed by atoms with Gasteiger partial charge in [-0.2, -0.15) is 12.6 Å². The van der Waals surface area contributed by atoms with Crippen molar-refractivity contribution in [1.29, 1.82) is 0 Å². The number of carbonyl (C=O) groups is 1. The average molecular weight is 247 g/mol. The molecular formula is C10H11ClO3S. The van der Waals surface area contributed by atoms with Gasteiger partial charge in [-0.1, -0.05) is 17.7 Å². The Kier molecular flexibility index (Phi) is 4.60. The predicted molar refractivity (Wildman–Crippen MR) is 61.7 cm³/mol. The molecule has 1 aromatic rings. The van der Waals surface area contributed by atoms with Gasteiger partial charge in [0.25, 0.3) is 0 Å². The number of thiol groups is 1. The Morgan fingerprint density at radius 3 is 2.67 bits per heavy atom. The summed E-state index contributed by atoms with van der Waals surface area (Å²) in [6.07, 6.45) is -1.54. The molecule has 0 fully saturated rings. The van der Waals surface area contributed by atoms with E-state index in [0.717, 1.165) is 0 Å². The monoisotopic (exact) mass is 246 g/mol. The van der Waals surface area contributed by atoms with Crippen molar-refractivity contribution in [2.24, 2.45) is 0 Å². The molecule has 15 heavy (non-hydrogen) atoms. The van der Waals surface area contributed by atoms with Gasteiger partial charge >= 0.3 is 0 Å². The Bertz CT molecular complexity index is 357. The first-order chi connectivity index (χ1) is 7.10. The summed E-state index contributed by atoms with van der Waals surface area (Å²) in [7, 11) is 0. The Labute approximate surface area is 98.1 Å². The van der Waals surface area contributed by atoms with Gasteiger partial charge < -0.3 is 10.2 Å². The van der Waals surface area contributed by atoms with Crippen molar-refractivity contribution in [2.75, 3.05) is 5.75 Å². The number of rotatable bonds is 4. The lowest BCUT2D eigenvalue weighted by molar-refractivity contribution is 0.0333. The van der Waals surface area contributed by atoms with Gasteiger partial charge in [-0.15, -0.1) is 0 Å². The molecular weight excluding hydrogens is 236 g/mol. The van der Waals surface area contributed by atoms with Crippen LogP contribution in [0.3, 0.4) is 0 Å². The molecule has 2 atom stereocenters. The normalized spacial score (nSPS) is 14.7. The number of carbonyl (C=O) groups excluding carboxylic acids is 1. The van der Waals surface area contributed by atoms with E-state index in [4.69, 9.17) is 11.6 Å². The van der Waals surface area contributed by atoms with Gasteiger partial charge in [0.1, 0.15) is 12.4 Å². The van der Waals surface area contributed by atoms with Crippen LogP contribution in [0.25, 0.3) is 0 Å². The number of benzene rings is 1. The van der Waals surface area contributed by atoms with Crippen LogP contribution in [0.4, 0.5) is 0 Å². The fraction of sp³-hybridized carbons (Fsp3) is 0.300. The van der Waals surface area contributed by atoms with Gasteiger partial charge in [0.2, 0.25) is 0 Å². The molecule has 0 amide bonds. The molecule has 0 saturated heterocycles. The summed E-state index contributed by atoms with van der Waals surface area (Å²) in [5.74, 6) is 0.113. The van der Waals surface area contributed by atoms with E-state index < -0.39 is 12.2 Å². The maximum absolute atomic E-state index is 10.7. The summed E-state index contributed by atoms with van der Waals surface area (Å²) >= 11 is 9.56. The van der Waals surface area contributed by atoms with Gasteiger partial charge in [0.05, 0.1) is 6.10 Å². The topological polar surface area (TPSA) is 57.5 Å². The second kappa shape index (κ2) is 5.51. The van der Waals surface area contributed by atoms with Crippen LogP contribution in [0.5, 0.6) is 0 Å². The third-order valence-electron chi connectivity index (χ3n) is 2.05. The van der Waals surface area contributed by atoms with Crippen LogP contribution in [0.2, 0.25) is 5.02 Å². The smallest absolute Gasteiger partial charge is 0.150 e. The third-order valence-corrected chi connectivity index (χ3v) is 2.66. The van der Waals surface area contributed by atoms with Crippen molar-refractivity contribution in [3.8, 4) is 0 Å². The molecule has 0 bridgehead atoms. The highest BCUT2D eigenvalue weighted by molar-refractivity contribution is 7.80. The molecule has 0 spiro atoms. The van der Waals surface area contributed by atoms with Crippen molar-refractivity contribution in [3.63, 3.8) is 0 Å². The van der Waals surface area contributed by atoms with Gasteiger partial charge in [-0.05, 0) is 17.7 Å². The molecule has 2 N–H and O–H groups in total. The molecule has 5 heteroatoms. The number of aliphatic hydroxyl groups is 2. The SMILES string of the molecule is O=Cc1cc(Cl)ccc1C(O)C(O)CS. The first kappa shape index (κ1) is 12.5. The molecule has 0 saturated carbocycles. The molecule has 3 nitrogen and oxygen atoms in total. The lowest BCUT2D eigenvalue weighted by Gasteiger charge is -2.17. The largest absolute Gasteiger partial charge is 0.389 e. The highest BCUT2D eigenvalue weighted by Crippen LogP contribution is 2.23. The zero-order chi connectivity index (χ0) is 11.4. The number of hydrogen-bond acceptors (Lipinski definition) is 4. The first-order valence-corrected chi connectivity index (χ1v) is 5.32. The Morgan fingerprint density at radius 1 is 1.47 bits per heavy atom. The Balaban J connectivity index is 3.07. The molecule has 1 aromatic carbocycles. The van der Waals surface area contributed by atoms with Crippen LogP contribution in [0.1, 0.15) is 22.0 Å². The summed E-state index contributed by atoms with van der Waals surface area (Å²) in [4.78, 5) is 10.7. The fourth-order valence-electron chi connectivity index (χ4n) is 1.22. The summed E-state index contributed by atoms with van der Waals surface area (Å²) < 4.78 is 0. The van der Waals surface area contributed by atoms with Crippen molar-refractivity contribution < 1.29 is 15.0 Å². The summed E-state index contributed by atoms with van der Waals surface area (Å²) in [6.45, 7) is 0. The molecule has 0 radical (unpaired) electrons. The molecule has 0 aromatic heterocycles. The highest BCUT2D eigenvalue weighted by Gasteiger charge is 2.19. The first-order valence-electron chi connectivity index (χ1n) is 4.31. The molecule has 0 aliphatic rings. The van der Waals surface area contributed by atoms with E-state index in [1.54, 1.807) is 6.07 Å². The summed E-state index contributed by atoms with van der Waals surface area (Å²) in [6, 6.07) is 4.51. The fourth-order valence-corrected chi connectivity index (χ4v) is 1.60. The van der Waals surface area contributed by atoms with Crippen molar-refractivity contribution in [2.45, 2.75) is 12.2 Å². The van der Waals surface area contributed by atoms with Crippen LogP contribution >= 0.6 is 24.2 Å². The Morgan fingerprint density at radius 2 is 2.13 bits per heavy atom. The van der Waals surface area contributed by atoms with Gasteiger partial charge in [-0.3, -0.25) is 4.79 Å². The summed E-state index contributed by atoms with van der Waals surface area (Å²) in [5, 5.41) is 19.5. The Hall–Kier alpha value is -0.550. The minimum absolute atomic E-state index is 0.113. The zero-order valence-corrected chi connectivity index (χ0v) is 9.45. The minimum atomic E-state index is -1.13. The quantitative estimate of drug-likeness (QED) is 0.557. The van der Waals surface area contributed by atoms with Crippen LogP contribution in [0, 0.1) is 0 Å². The molecule has 0 aliphatic carbocycles. The van der Waals surface area contributed by atoms with Gasteiger partial charge in [0, 0.05) is 16.3 Å². The van der Waals surface area contributed by atoms with E-state index in [-0.39, 0.29) is 11.3 Å². The van der Waals surface area contributed by atoms with E-state index in [2.05, 4.69) is 12.6 Å². The molecule has 82 valence electrons. The van der Waals surface area contributed by atoms with E-state index in [9.17, 15) is 15.0 Å². The molecule has 2 unspecified atom stereocenters. The maximum Gasteiger partial charge on any atom is 0.150 e. The molecule has 1 rings (SSSR count). The third kappa shape index (κ3) is 2.95. The number of aldehydes is 1. The predicted octanol–water partition coefficient (Wildman–Crippen LogP) is 1.48. The lowest BCUT2D eigenvalue weighted by Crippen LogP contribution is -2.20. The van der Waals surface area contributed by atoms with Crippen LogP contribution in [-0.2, 0) is 0 Å². The van der Waals surface area contributed by atoms with E-state index in [0.29, 0.717) is 16.9 Å². The molecule has 0 aliphatic heterocycles.